The van der Waals surface area contributed by atoms with Crippen LogP contribution in [-0.2, 0) is 19.5 Å². The van der Waals surface area contributed by atoms with Crippen LogP contribution in [-0.4, -0.2) is 46.3 Å². The van der Waals surface area contributed by atoms with Crippen LogP contribution in [0.15, 0.2) is 103 Å². The zero-order valence-electron chi connectivity index (χ0n) is 23.9. The first-order valence-electron chi connectivity index (χ1n) is 12.8. The number of carboxylic acids is 1. The van der Waals surface area contributed by atoms with Crippen molar-refractivity contribution < 1.29 is 29.4 Å². The van der Waals surface area contributed by atoms with Crippen LogP contribution < -0.4 is 0 Å². The maximum atomic E-state index is 10.7. The normalized spacial score (nSPS) is 8.98. The van der Waals surface area contributed by atoms with Crippen molar-refractivity contribution in [1.82, 2.24) is 24.9 Å². The summed E-state index contributed by atoms with van der Waals surface area (Å²) < 4.78 is 0. The molecule has 0 aliphatic heterocycles. The molecule has 0 saturated carbocycles. The Morgan fingerprint density at radius 3 is 1.85 bits per heavy atom. The van der Waals surface area contributed by atoms with Gasteiger partial charge < -0.3 is 20.9 Å². The Morgan fingerprint density at radius 2 is 1.32 bits per heavy atom. The number of aromatic nitrogens is 5. The number of thiocarbonyl (C=S) groups is 2. The van der Waals surface area contributed by atoms with Crippen LogP contribution >= 0.6 is 24.4 Å². The second-order valence-electron chi connectivity index (χ2n) is 8.62. The summed E-state index contributed by atoms with van der Waals surface area (Å²) in [7, 11) is 0. The number of carboxylic acid groups (broad SMARTS) is 1. The van der Waals surface area contributed by atoms with Crippen LogP contribution in [0.2, 0.25) is 0 Å². The Morgan fingerprint density at radius 1 is 0.766 bits per heavy atom. The third-order valence-electron chi connectivity index (χ3n) is 5.89. The molecule has 0 amide bonds. The van der Waals surface area contributed by atoms with Gasteiger partial charge in [0.25, 0.3) is 0 Å². The van der Waals surface area contributed by atoms with Crippen LogP contribution in [0, 0.1) is 13.1 Å². The molecule has 6 aromatic rings. The maximum Gasteiger partial charge on any atom is 2.00 e. The van der Waals surface area contributed by atoms with E-state index >= 15 is 0 Å². The van der Waals surface area contributed by atoms with E-state index in [1.807, 2.05) is 48.5 Å². The Bertz CT molecular complexity index is 2140. The van der Waals surface area contributed by atoms with Crippen molar-refractivity contribution in [2.75, 3.05) is 0 Å². The first-order chi connectivity index (χ1) is 22.4. The minimum Gasteiger partial charge on any atom is -0.753 e. The molecule has 5 aromatic heterocycles. The zero-order chi connectivity index (χ0) is 33.3. The molecule has 0 saturated heterocycles. The van der Waals surface area contributed by atoms with Crippen molar-refractivity contribution in [2.24, 2.45) is 0 Å². The first kappa shape index (κ1) is 37.2. The average molecular weight is 739 g/mol. The summed E-state index contributed by atoms with van der Waals surface area (Å²) in [5, 5.41) is 27.8. The topological polar surface area (TPSA) is 158 Å². The van der Waals surface area contributed by atoms with Gasteiger partial charge in [0.05, 0.1) is 40.1 Å². The molecule has 0 aliphatic carbocycles. The molecule has 14 heteroatoms. The molecule has 228 valence electrons. The fraction of sp³-hybridized carbons (Fsp3) is 0. The van der Waals surface area contributed by atoms with Gasteiger partial charge in [0.2, 0.25) is 0 Å². The molecule has 6 rings (SSSR count). The van der Waals surface area contributed by atoms with E-state index in [9.17, 15) is 4.79 Å². The summed E-state index contributed by atoms with van der Waals surface area (Å²) in [5.74, 6) is -0.912. The van der Waals surface area contributed by atoms with Gasteiger partial charge in [-0.15, -0.1) is 0 Å². The number of carbonyl (C=O) groups is 1. The van der Waals surface area contributed by atoms with Gasteiger partial charge in [0.15, 0.2) is 0 Å². The van der Waals surface area contributed by atoms with Crippen LogP contribution in [0.4, 0.5) is 0 Å². The van der Waals surface area contributed by atoms with Crippen LogP contribution in [0.1, 0.15) is 15.9 Å². The number of fused-ring (bicyclic) bond motifs is 3. The second-order valence-corrected chi connectivity index (χ2v) is 8.98. The second kappa shape index (κ2) is 19.4. The Hall–Kier alpha value is -5.97. The molecule has 0 unspecified atom stereocenters. The number of aromatic amines is 1. The van der Waals surface area contributed by atoms with Gasteiger partial charge >= 0.3 is 31.3 Å². The largest absolute Gasteiger partial charge is 2.00 e. The van der Waals surface area contributed by atoms with Crippen LogP contribution in [0.25, 0.3) is 71.2 Å². The van der Waals surface area contributed by atoms with E-state index in [-0.39, 0.29) is 30.9 Å². The van der Waals surface area contributed by atoms with Crippen LogP contribution in [0.3, 0.4) is 0 Å². The molecular formula is C33H19N9O2RuS2. The van der Waals surface area contributed by atoms with Crippen molar-refractivity contribution >= 4 is 68.6 Å². The smallest absolute Gasteiger partial charge is 0.753 e. The number of nitrogens with one attached hydrogen (secondary N) is 1. The van der Waals surface area contributed by atoms with E-state index in [2.05, 4.69) is 59.0 Å². The van der Waals surface area contributed by atoms with E-state index in [0.29, 0.717) is 11.4 Å². The molecule has 0 spiro atoms. The molecular weight excluding hydrogens is 720 g/mol. The van der Waals surface area contributed by atoms with Gasteiger partial charge in [-0.1, -0.05) is 42.6 Å². The molecule has 1 aromatic carbocycles. The Balaban J connectivity index is 0.000000298. The fourth-order valence-electron chi connectivity index (χ4n) is 4.02. The van der Waals surface area contributed by atoms with Crippen molar-refractivity contribution in [1.29, 1.82) is 0 Å². The fourth-order valence-corrected chi connectivity index (χ4v) is 4.02. The first-order valence-corrected chi connectivity index (χ1v) is 13.6. The van der Waals surface area contributed by atoms with E-state index in [4.69, 9.17) is 29.1 Å². The molecule has 47 heavy (non-hydrogen) atoms. The Kier molecular flexibility index (Phi) is 15.4. The zero-order valence-corrected chi connectivity index (χ0v) is 27.3. The molecule has 11 nitrogen and oxygen atoms in total. The number of rotatable bonds is 4. The average Bonchev–Trinajstić information content (AvgIpc) is 3.46. The summed E-state index contributed by atoms with van der Waals surface area (Å²) in [6.07, 6.45) is 8.26. The summed E-state index contributed by atoms with van der Waals surface area (Å²) in [4.78, 5) is 37.5. The minimum absolute atomic E-state index is 0. The molecule has 0 radical (unpaired) electrons. The van der Waals surface area contributed by atoms with E-state index in [0.717, 1.165) is 38.8 Å². The monoisotopic (exact) mass is 739 g/mol. The number of isothiocyanates is 2. The Labute approximate surface area is 292 Å². The number of hydrogen-bond acceptors (Lipinski definition) is 7. The number of nitrogens with zero attached hydrogens (tertiary/aromatic N) is 8. The van der Waals surface area contributed by atoms with Crippen LogP contribution in [0.5, 0.6) is 0 Å². The molecule has 0 atom stereocenters. The van der Waals surface area contributed by atoms with Gasteiger partial charge in [-0.2, -0.15) is 20.0 Å². The summed E-state index contributed by atoms with van der Waals surface area (Å²) in [6, 6.07) is 21.9. The van der Waals surface area contributed by atoms with Crippen molar-refractivity contribution in [3.05, 3.63) is 148 Å². The number of benzene rings is 1. The SMILES string of the molecule is O=C(O)c1ccnc(-c2ccccn2)c1.[C-]#[N+]C(=Cc1ccc2[nH]c3cnc(-c4ccccn4)cc3c2c1)[N+]#[C-].[N-]=C=S.[N-]=C=S.[Ru+2]. The van der Waals surface area contributed by atoms with Gasteiger partial charge in [-0.3, -0.25) is 19.9 Å². The predicted octanol–water partition coefficient (Wildman–Crippen LogP) is 8.07. The van der Waals surface area contributed by atoms with Crippen molar-refractivity contribution in [2.45, 2.75) is 0 Å². The maximum absolute atomic E-state index is 10.7. The third kappa shape index (κ3) is 10.6. The quantitative estimate of drug-likeness (QED) is 0.0796. The van der Waals surface area contributed by atoms with E-state index in [1.54, 1.807) is 36.8 Å². The predicted molar refractivity (Wildman–Crippen MR) is 184 cm³/mol. The molecule has 0 aliphatic rings. The minimum atomic E-state index is -0.963. The molecule has 2 N–H and O–H groups in total. The number of aromatic carboxylic acids is 1. The van der Waals surface area contributed by atoms with Crippen molar-refractivity contribution in [3.8, 4) is 22.8 Å². The number of H-pyrrole nitrogens is 1. The third-order valence-corrected chi connectivity index (χ3v) is 5.89. The number of pyridine rings is 4. The van der Waals surface area contributed by atoms with Gasteiger partial charge in [-0.25, -0.2) is 4.79 Å². The summed E-state index contributed by atoms with van der Waals surface area (Å²) in [5.41, 5.74) is 5.81. The standard InChI is InChI=1S/C20H11N5.C11H8N2O2.2CNS.Ru/c1-21-20(22-2)10-13-6-7-16-14(9-13)15-11-18(24-12-19(15)25-16)17-5-3-4-8-23-17;14-11(15)8-4-6-13-10(7-8)9-3-1-2-5-12-9;2*2-1-3;/h3-12,25H;1-7H,(H,14,15);;;/q;;2*-1;+2. The molecule has 0 bridgehead atoms. The van der Waals surface area contributed by atoms with E-state index in [1.165, 1.54) is 28.7 Å². The number of hydrogen-bond donors (Lipinski definition) is 2. The van der Waals surface area contributed by atoms with Gasteiger partial charge in [0.1, 0.15) is 13.1 Å². The van der Waals surface area contributed by atoms with Crippen molar-refractivity contribution in [3.63, 3.8) is 0 Å². The molecule has 5 heterocycles. The van der Waals surface area contributed by atoms with Gasteiger partial charge in [-0.05, 0) is 60.2 Å². The summed E-state index contributed by atoms with van der Waals surface area (Å²) >= 11 is 7.40. The van der Waals surface area contributed by atoms with Gasteiger partial charge in [0, 0.05) is 41.0 Å². The molecule has 0 fully saturated rings. The van der Waals surface area contributed by atoms with E-state index < -0.39 is 5.97 Å². The summed E-state index contributed by atoms with van der Waals surface area (Å²) in [6.45, 7) is 14.0.